The first-order valence-corrected chi connectivity index (χ1v) is 8.14. The topological polar surface area (TPSA) is 46.6 Å². The van der Waals surface area contributed by atoms with E-state index in [1.807, 2.05) is 30.3 Å². The largest absolute Gasteiger partial charge is 0.465 e. The zero-order valence-electron chi connectivity index (χ0n) is 14.5. The third-order valence-electron chi connectivity index (χ3n) is 4.27. The number of halogens is 1. The van der Waals surface area contributed by atoms with Crippen LogP contribution in [0.2, 0.25) is 0 Å². The number of nitrogens with zero attached hydrogens (tertiary/aromatic N) is 1. The molecule has 132 valence electrons. The van der Waals surface area contributed by atoms with Crippen LogP contribution in [0, 0.1) is 5.82 Å². The van der Waals surface area contributed by atoms with Crippen molar-refractivity contribution in [3.8, 4) is 0 Å². The Hall–Kier alpha value is -3.21. The van der Waals surface area contributed by atoms with Crippen LogP contribution in [0.4, 0.5) is 4.39 Å². The number of hydrogen-bond donors (Lipinski definition) is 0. The van der Waals surface area contributed by atoms with E-state index in [0.29, 0.717) is 17.8 Å². The van der Waals surface area contributed by atoms with Crippen molar-refractivity contribution in [3.05, 3.63) is 88.4 Å². The van der Waals surface area contributed by atoms with E-state index in [0.717, 1.165) is 5.56 Å². The van der Waals surface area contributed by atoms with Gasteiger partial charge >= 0.3 is 5.97 Å². The molecule has 0 aromatic heterocycles. The summed E-state index contributed by atoms with van der Waals surface area (Å²) in [6, 6.07) is 15.2. The molecule has 0 bridgehead atoms. The molecule has 26 heavy (non-hydrogen) atoms. The van der Waals surface area contributed by atoms with Crippen molar-refractivity contribution in [2.45, 2.75) is 13.5 Å². The molecule has 1 aliphatic heterocycles. The molecule has 0 spiro atoms. The fraction of sp³-hybridized carbons (Fsp3) is 0.143. The monoisotopic (exact) mass is 351 g/mol. The normalized spacial score (nSPS) is 15.7. The van der Waals surface area contributed by atoms with E-state index in [2.05, 4.69) is 0 Å². The van der Waals surface area contributed by atoms with E-state index < -0.39 is 5.97 Å². The molecule has 0 atom stereocenters. The zero-order valence-corrected chi connectivity index (χ0v) is 14.5. The van der Waals surface area contributed by atoms with Gasteiger partial charge in [-0.15, -0.1) is 0 Å². The van der Waals surface area contributed by atoms with Gasteiger partial charge in [0.05, 0.1) is 24.8 Å². The van der Waals surface area contributed by atoms with Crippen LogP contribution in [0.5, 0.6) is 0 Å². The van der Waals surface area contributed by atoms with E-state index >= 15 is 0 Å². The fourth-order valence-electron chi connectivity index (χ4n) is 2.91. The number of methoxy groups -OCH3 is 1. The first-order chi connectivity index (χ1) is 12.5. The van der Waals surface area contributed by atoms with Crippen LogP contribution in [-0.4, -0.2) is 23.9 Å². The first kappa shape index (κ1) is 17.6. The minimum atomic E-state index is -0.570. The number of hydrogen-bond acceptors (Lipinski definition) is 3. The summed E-state index contributed by atoms with van der Waals surface area (Å²) in [7, 11) is 1.28. The van der Waals surface area contributed by atoms with Gasteiger partial charge in [0.15, 0.2) is 0 Å². The highest BCUT2D eigenvalue weighted by molar-refractivity contribution is 6.16. The van der Waals surface area contributed by atoms with Gasteiger partial charge in [-0.25, -0.2) is 9.18 Å². The lowest BCUT2D eigenvalue weighted by molar-refractivity contribution is -0.136. The molecule has 1 heterocycles. The predicted molar refractivity (Wildman–Crippen MR) is 96.1 cm³/mol. The standard InChI is InChI=1S/C21H18FNO3/c1-14-19(21(25)26-2)18(12-15-8-10-17(22)11-9-15)20(24)23(14)13-16-6-4-3-5-7-16/h3-12H,13H2,1-2H3/b18-12-. The molecule has 0 unspecified atom stereocenters. The van der Waals surface area contributed by atoms with Crippen molar-refractivity contribution in [1.82, 2.24) is 4.90 Å². The highest BCUT2D eigenvalue weighted by atomic mass is 19.1. The molecule has 1 aliphatic rings. The van der Waals surface area contributed by atoms with E-state index in [1.54, 1.807) is 30.0 Å². The Kier molecular flexibility index (Phi) is 4.98. The molecule has 0 saturated heterocycles. The lowest BCUT2D eigenvalue weighted by Gasteiger charge is -2.17. The number of carbonyl (C=O) groups excluding carboxylic acids is 2. The second kappa shape index (κ2) is 7.35. The molecule has 0 fully saturated rings. The second-order valence-electron chi connectivity index (χ2n) is 5.94. The second-order valence-corrected chi connectivity index (χ2v) is 5.94. The lowest BCUT2D eigenvalue weighted by atomic mass is 10.0. The molecule has 0 aliphatic carbocycles. The van der Waals surface area contributed by atoms with Gasteiger partial charge < -0.3 is 9.64 Å². The van der Waals surface area contributed by atoms with Crippen molar-refractivity contribution < 1.29 is 18.7 Å². The number of amides is 1. The maximum atomic E-state index is 13.1. The minimum Gasteiger partial charge on any atom is -0.465 e. The molecule has 1 amide bonds. The van der Waals surface area contributed by atoms with E-state index in [9.17, 15) is 14.0 Å². The van der Waals surface area contributed by atoms with Gasteiger partial charge in [0.25, 0.3) is 5.91 Å². The zero-order chi connectivity index (χ0) is 18.7. The van der Waals surface area contributed by atoms with E-state index in [-0.39, 0.29) is 22.9 Å². The van der Waals surface area contributed by atoms with Gasteiger partial charge in [-0.05, 0) is 36.3 Å². The molecule has 0 saturated carbocycles. The lowest BCUT2D eigenvalue weighted by Crippen LogP contribution is -2.24. The molecular formula is C21H18FNO3. The van der Waals surface area contributed by atoms with Crippen LogP contribution in [-0.2, 0) is 20.9 Å². The average Bonchev–Trinajstić information content (AvgIpc) is 2.88. The smallest absolute Gasteiger partial charge is 0.340 e. The molecule has 5 heteroatoms. The summed E-state index contributed by atoms with van der Waals surface area (Å²) in [4.78, 5) is 26.8. The molecule has 4 nitrogen and oxygen atoms in total. The van der Waals surface area contributed by atoms with Gasteiger partial charge in [0.2, 0.25) is 0 Å². The number of allylic oxidation sites excluding steroid dienone is 1. The minimum absolute atomic E-state index is 0.234. The summed E-state index contributed by atoms with van der Waals surface area (Å²) >= 11 is 0. The summed E-state index contributed by atoms with van der Waals surface area (Å²) in [5.74, 6) is -1.22. The maximum absolute atomic E-state index is 13.1. The molecule has 2 aromatic rings. The van der Waals surface area contributed by atoms with E-state index in [4.69, 9.17) is 4.74 Å². The number of carbonyl (C=O) groups is 2. The van der Waals surface area contributed by atoms with Crippen molar-refractivity contribution in [3.63, 3.8) is 0 Å². The molecule has 0 N–H and O–H groups in total. The van der Waals surface area contributed by atoms with Crippen LogP contribution in [0.3, 0.4) is 0 Å². The van der Waals surface area contributed by atoms with Crippen molar-refractivity contribution >= 4 is 18.0 Å². The molecule has 3 rings (SSSR count). The Morgan fingerprint density at radius 1 is 1.12 bits per heavy atom. The van der Waals surface area contributed by atoms with Gasteiger partial charge in [0.1, 0.15) is 5.82 Å². The van der Waals surface area contributed by atoms with Gasteiger partial charge in [-0.3, -0.25) is 4.79 Å². The highest BCUT2D eigenvalue weighted by Crippen LogP contribution is 2.32. The van der Waals surface area contributed by atoms with Gasteiger partial charge in [0, 0.05) is 5.70 Å². The SMILES string of the molecule is COC(=O)C1=C(C)N(Cc2ccccc2)C(=O)/C1=C\c1ccc(F)cc1. The molecular weight excluding hydrogens is 333 g/mol. The number of benzene rings is 2. The predicted octanol–water partition coefficient (Wildman–Crippen LogP) is 3.70. The number of esters is 1. The Morgan fingerprint density at radius 2 is 1.77 bits per heavy atom. The first-order valence-electron chi connectivity index (χ1n) is 8.14. The van der Waals surface area contributed by atoms with Crippen LogP contribution in [0.25, 0.3) is 6.08 Å². The average molecular weight is 351 g/mol. The molecule has 2 aromatic carbocycles. The van der Waals surface area contributed by atoms with Gasteiger partial charge in [-0.1, -0.05) is 42.5 Å². The Bertz CT molecular complexity index is 899. The summed E-state index contributed by atoms with van der Waals surface area (Å²) in [6.07, 6.45) is 1.59. The van der Waals surface area contributed by atoms with Gasteiger partial charge in [-0.2, -0.15) is 0 Å². The van der Waals surface area contributed by atoms with Crippen molar-refractivity contribution in [1.29, 1.82) is 0 Å². The summed E-state index contributed by atoms with van der Waals surface area (Å²) in [6.45, 7) is 2.07. The van der Waals surface area contributed by atoms with Crippen LogP contribution < -0.4 is 0 Å². The van der Waals surface area contributed by atoms with E-state index in [1.165, 1.54) is 19.2 Å². The third-order valence-corrected chi connectivity index (χ3v) is 4.27. The fourth-order valence-corrected chi connectivity index (χ4v) is 2.91. The number of rotatable bonds is 4. The van der Waals surface area contributed by atoms with Crippen LogP contribution in [0.1, 0.15) is 18.1 Å². The maximum Gasteiger partial charge on any atom is 0.340 e. The summed E-state index contributed by atoms with van der Waals surface area (Å²) < 4.78 is 18.0. The van der Waals surface area contributed by atoms with Crippen molar-refractivity contribution in [2.24, 2.45) is 0 Å². The van der Waals surface area contributed by atoms with Crippen LogP contribution in [0.15, 0.2) is 71.4 Å². The Morgan fingerprint density at radius 3 is 2.38 bits per heavy atom. The third kappa shape index (κ3) is 3.42. The molecule has 0 radical (unpaired) electrons. The Balaban J connectivity index is 2.02. The van der Waals surface area contributed by atoms with Crippen molar-refractivity contribution in [2.75, 3.05) is 7.11 Å². The Labute approximate surface area is 151 Å². The number of ether oxygens (including phenoxy) is 1. The summed E-state index contributed by atoms with van der Waals surface area (Å²) in [5.41, 5.74) is 2.60. The van der Waals surface area contributed by atoms with Crippen LogP contribution >= 0.6 is 0 Å². The summed E-state index contributed by atoms with van der Waals surface area (Å²) in [5, 5.41) is 0. The quantitative estimate of drug-likeness (QED) is 0.623. The highest BCUT2D eigenvalue weighted by Gasteiger charge is 2.36.